The highest BCUT2D eigenvalue weighted by Gasteiger charge is 2.49. The zero-order valence-electron chi connectivity index (χ0n) is 14.4. The molecule has 3 heterocycles. The molecule has 2 aromatic heterocycles. The second-order valence-corrected chi connectivity index (χ2v) is 7.60. The molecule has 1 aliphatic heterocycles. The van der Waals surface area contributed by atoms with Gasteiger partial charge in [-0.15, -0.1) is 22.7 Å². The minimum atomic E-state index is -1.36. The normalized spacial score (nSPS) is 18.5. The van der Waals surface area contributed by atoms with Crippen LogP contribution in [-0.4, -0.2) is 39.3 Å². The predicted molar refractivity (Wildman–Crippen MR) is 105 cm³/mol. The van der Waals surface area contributed by atoms with E-state index in [1.807, 2.05) is 5.43 Å². The molecule has 11 nitrogen and oxygen atoms in total. The van der Waals surface area contributed by atoms with Crippen molar-refractivity contribution >= 4 is 67.4 Å². The summed E-state index contributed by atoms with van der Waals surface area (Å²) in [5, 5.41) is 5.55. The van der Waals surface area contributed by atoms with Crippen molar-refractivity contribution in [1.82, 2.24) is 20.8 Å². The van der Waals surface area contributed by atoms with Crippen LogP contribution in [0, 0.1) is 0 Å². The minimum Gasteiger partial charge on any atom is -0.287 e. The quantitative estimate of drug-likeness (QED) is 0.180. The second kappa shape index (κ2) is 7.46. The van der Waals surface area contributed by atoms with Crippen LogP contribution in [-0.2, 0) is 14.4 Å². The van der Waals surface area contributed by atoms with Crippen molar-refractivity contribution in [3.63, 3.8) is 0 Å². The third kappa shape index (κ3) is 3.26. The van der Waals surface area contributed by atoms with Gasteiger partial charge in [0.1, 0.15) is 16.6 Å². The Morgan fingerprint density at radius 2 is 2.00 bits per heavy atom. The summed E-state index contributed by atoms with van der Waals surface area (Å²) in [5.74, 6) is 0.809. The lowest BCUT2D eigenvalue weighted by Crippen LogP contribution is -2.55. The lowest BCUT2D eigenvalue weighted by Gasteiger charge is -2.27. The lowest BCUT2D eigenvalue weighted by molar-refractivity contribution is -0.139. The van der Waals surface area contributed by atoms with Gasteiger partial charge in [0, 0.05) is 11.6 Å². The second-order valence-electron chi connectivity index (χ2n) is 5.66. The number of nitrogens with zero attached hydrogens (tertiary/aromatic N) is 4. The molecule has 13 heteroatoms. The fraction of sp³-hybridized carbons (Fsp3) is 0.0625. The fourth-order valence-electron chi connectivity index (χ4n) is 2.69. The van der Waals surface area contributed by atoms with Crippen LogP contribution in [0.25, 0.3) is 10.2 Å². The average Bonchev–Trinajstić information content (AvgIpc) is 3.39. The summed E-state index contributed by atoms with van der Waals surface area (Å²) in [6, 6.07) is 6.21. The van der Waals surface area contributed by atoms with Crippen LogP contribution in [0.2, 0.25) is 0 Å². The maximum absolute atomic E-state index is 13.0. The number of carbonyl (C=O) groups is 4. The van der Waals surface area contributed by atoms with Crippen molar-refractivity contribution in [3.8, 4) is 0 Å². The molecule has 29 heavy (non-hydrogen) atoms. The number of thiazole rings is 2. The third-order valence-electron chi connectivity index (χ3n) is 3.95. The van der Waals surface area contributed by atoms with Gasteiger partial charge in [-0.05, 0) is 12.1 Å². The first-order valence-electron chi connectivity index (χ1n) is 8.03. The number of amides is 4. The Kier molecular flexibility index (Phi) is 4.84. The zero-order valence-corrected chi connectivity index (χ0v) is 16.0. The lowest BCUT2D eigenvalue weighted by atomic mass is 9.92. The first kappa shape index (κ1) is 18.8. The maximum Gasteiger partial charge on any atom is 0.349 e. The molecule has 3 aromatic rings. The number of aromatic nitrogens is 2. The van der Waals surface area contributed by atoms with Crippen LogP contribution < -0.4 is 21.6 Å². The van der Waals surface area contributed by atoms with E-state index in [4.69, 9.17) is 5.84 Å². The van der Waals surface area contributed by atoms with Crippen LogP contribution >= 0.6 is 22.7 Å². The van der Waals surface area contributed by atoms with Gasteiger partial charge in [0.2, 0.25) is 5.78 Å². The third-order valence-corrected chi connectivity index (χ3v) is 5.81. The van der Waals surface area contributed by atoms with Crippen molar-refractivity contribution in [2.75, 3.05) is 4.90 Å². The summed E-state index contributed by atoms with van der Waals surface area (Å²) in [6.45, 7) is 0. The number of anilines is 1. The van der Waals surface area contributed by atoms with Crippen LogP contribution in [0.4, 0.5) is 9.93 Å². The Labute approximate surface area is 170 Å². The first-order valence-corrected chi connectivity index (χ1v) is 9.72. The summed E-state index contributed by atoms with van der Waals surface area (Å²) in [5.41, 5.74) is 4.06. The molecule has 1 aromatic carbocycles. The van der Waals surface area contributed by atoms with Crippen molar-refractivity contribution in [3.05, 3.63) is 40.8 Å². The van der Waals surface area contributed by atoms with E-state index < -0.39 is 29.5 Å². The number of hydrazone groups is 1. The highest BCUT2D eigenvalue weighted by molar-refractivity contribution is 7.19. The van der Waals surface area contributed by atoms with Gasteiger partial charge in [0.05, 0.1) is 10.2 Å². The smallest absolute Gasteiger partial charge is 0.287 e. The highest BCUT2D eigenvalue weighted by Crippen LogP contribution is 2.33. The Bertz CT molecular complexity index is 1140. The summed E-state index contributed by atoms with van der Waals surface area (Å²) >= 11 is 2.16. The maximum atomic E-state index is 13.0. The number of hydrogen-bond acceptors (Lipinski definition) is 10. The number of fused-ring (bicyclic) bond motifs is 1. The Balaban J connectivity index is 1.83. The molecule has 4 N–H and O–H groups in total. The van der Waals surface area contributed by atoms with Crippen LogP contribution in [0.5, 0.6) is 0 Å². The number of nitrogens with two attached hydrogens (primary N) is 1. The van der Waals surface area contributed by atoms with Gasteiger partial charge < -0.3 is 0 Å². The molecule has 0 saturated carbocycles. The van der Waals surface area contributed by atoms with E-state index >= 15 is 0 Å². The Morgan fingerprint density at radius 1 is 1.21 bits per heavy atom. The predicted octanol–water partition coefficient (Wildman–Crippen LogP) is 0.508. The fourth-order valence-corrected chi connectivity index (χ4v) is 4.39. The number of ketones is 1. The van der Waals surface area contributed by atoms with Gasteiger partial charge >= 0.3 is 11.9 Å². The van der Waals surface area contributed by atoms with E-state index in [1.165, 1.54) is 6.20 Å². The van der Waals surface area contributed by atoms with E-state index in [2.05, 4.69) is 15.1 Å². The van der Waals surface area contributed by atoms with E-state index in [9.17, 15) is 19.2 Å². The van der Waals surface area contributed by atoms with Crippen molar-refractivity contribution < 1.29 is 19.2 Å². The number of urea groups is 1. The molecule has 0 spiro atoms. The average molecular weight is 429 g/mol. The highest BCUT2D eigenvalue weighted by atomic mass is 32.1. The molecule has 1 aliphatic rings. The summed E-state index contributed by atoms with van der Waals surface area (Å²) in [7, 11) is 0. The standard InChI is InChI=1S/C16H11N7O4S2/c17-20-15(27)22-21-10-9(12-19-7-3-1-2-4-8(7)29-12)11(24)14(26)23(13(10)25)16-18-5-6-28-16/h1-6,9H,17H2,(H2,20,22,27)/b21-10+/t9-/m1/s1. The number of para-hydroxylation sites is 1. The molecule has 4 rings (SSSR count). The first-order chi connectivity index (χ1) is 14.0. The molecule has 146 valence electrons. The minimum absolute atomic E-state index is 0.0204. The van der Waals surface area contributed by atoms with Crippen molar-refractivity contribution in [2.45, 2.75) is 5.92 Å². The number of carbonyl (C=O) groups excluding carboxylic acids is 4. The summed E-state index contributed by atoms with van der Waals surface area (Å²) in [4.78, 5) is 59.1. The summed E-state index contributed by atoms with van der Waals surface area (Å²) in [6.07, 6.45) is 1.39. The van der Waals surface area contributed by atoms with Gasteiger partial charge in [-0.25, -0.2) is 30.9 Å². The number of rotatable bonds is 3. The molecular formula is C16H11N7O4S2. The molecular weight excluding hydrogens is 418 g/mol. The number of nitrogens with one attached hydrogen (secondary N) is 2. The van der Waals surface area contributed by atoms with E-state index in [-0.39, 0.29) is 15.9 Å². The summed E-state index contributed by atoms with van der Waals surface area (Å²) < 4.78 is 0.768. The number of piperidine rings is 1. The van der Waals surface area contributed by atoms with E-state index in [1.54, 1.807) is 35.1 Å². The molecule has 1 saturated heterocycles. The van der Waals surface area contributed by atoms with Crippen molar-refractivity contribution in [1.29, 1.82) is 0 Å². The molecule has 1 atom stereocenters. The van der Waals surface area contributed by atoms with Crippen LogP contribution in [0.15, 0.2) is 40.9 Å². The molecule has 0 radical (unpaired) electrons. The largest absolute Gasteiger partial charge is 0.349 e. The SMILES string of the molecule is NNC(=O)N/N=C1/C(=O)N(c2nccs2)C(=O)C(=O)[C@@H]1c1nc2ccccc2s1. The van der Waals surface area contributed by atoms with Gasteiger partial charge in [0.15, 0.2) is 5.13 Å². The van der Waals surface area contributed by atoms with E-state index in [0.717, 1.165) is 27.4 Å². The van der Waals surface area contributed by atoms with Crippen molar-refractivity contribution in [2.24, 2.45) is 10.9 Å². The van der Waals surface area contributed by atoms with Gasteiger partial charge in [-0.2, -0.15) is 5.10 Å². The molecule has 1 fully saturated rings. The molecule has 0 aliphatic carbocycles. The Hall–Kier alpha value is -3.55. The number of benzene rings is 1. The number of imide groups is 1. The number of Topliss-reactive ketones (excluding diaryl/α,β-unsaturated/α-hetero) is 1. The molecule has 4 amide bonds. The topological polar surface area (TPSA) is 160 Å². The zero-order chi connectivity index (χ0) is 20.5. The Morgan fingerprint density at radius 3 is 2.69 bits per heavy atom. The van der Waals surface area contributed by atoms with Gasteiger partial charge in [0.25, 0.3) is 5.91 Å². The number of hydrazine groups is 1. The molecule has 0 unspecified atom stereocenters. The van der Waals surface area contributed by atoms with Gasteiger partial charge in [-0.3, -0.25) is 19.8 Å². The number of hydrogen-bond donors (Lipinski definition) is 3. The van der Waals surface area contributed by atoms with Crippen LogP contribution in [0.3, 0.4) is 0 Å². The van der Waals surface area contributed by atoms with E-state index in [0.29, 0.717) is 10.4 Å². The van der Waals surface area contributed by atoms with Crippen LogP contribution in [0.1, 0.15) is 10.9 Å². The molecule has 0 bridgehead atoms. The monoisotopic (exact) mass is 429 g/mol. The van der Waals surface area contributed by atoms with Gasteiger partial charge in [-0.1, -0.05) is 12.1 Å².